The number of hydrogen-bond acceptors (Lipinski definition) is 5. The number of thiazole rings is 1. The van der Waals surface area contributed by atoms with Crippen molar-refractivity contribution in [2.45, 2.75) is 29.0 Å². The van der Waals surface area contributed by atoms with Crippen LogP contribution in [0.15, 0.2) is 52.9 Å². The molecule has 1 N–H and O–H groups in total. The van der Waals surface area contributed by atoms with Crippen LogP contribution >= 0.6 is 23.1 Å². The van der Waals surface area contributed by atoms with Gasteiger partial charge in [-0.3, -0.25) is 4.79 Å². The minimum Gasteiger partial charge on any atom is -0.393 e. The summed E-state index contributed by atoms with van der Waals surface area (Å²) in [6.07, 6.45) is 1.08. The highest BCUT2D eigenvalue weighted by Gasteiger charge is 2.22. The SMILES string of the molecule is O=C(c1ccc(CSc2nc3ccccc3s2)cc1)N1CCC(O)CC1. The number of amides is 1. The van der Waals surface area contributed by atoms with Crippen LogP contribution in [0.2, 0.25) is 0 Å². The van der Waals surface area contributed by atoms with Gasteiger partial charge in [-0.25, -0.2) is 4.98 Å². The Morgan fingerprint density at radius 1 is 1.15 bits per heavy atom. The van der Waals surface area contributed by atoms with Gasteiger partial charge in [0.15, 0.2) is 4.34 Å². The van der Waals surface area contributed by atoms with Gasteiger partial charge in [0.1, 0.15) is 0 Å². The first-order valence-electron chi connectivity index (χ1n) is 8.74. The Morgan fingerprint density at radius 3 is 2.62 bits per heavy atom. The number of thioether (sulfide) groups is 1. The molecule has 0 spiro atoms. The summed E-state index contributed by atoms with van der Waals surface area (Å²) in [5.74, 6) is 0.895. The number of piperidine rings is 1. The molecule has 1 aliphatic rings. The number of carbonyl (C=O) groups is 1. The normalized spacial score (nSPS) is 15.5. The number of carbonyl (C=O) groups excluding carboxylic acids is 1. The Labute approximate surface area is 160 Å². The number of aliphatic hydroxyl groups is 1. The smallest absolute Gasteiger partial charge is 0.253 e. The predicted molar refractivity (Wildman–Crippen MR) is 107 cm³/mol. The van der Waals surface area contributed by atoms with Crippen molar-refractivity contribution < 1.29 is 9.90 Å². The maximum atomic E-state index is 12.5. The van der Waals surface area contributed by atoms with Crippen molar-refractivity contribution in [3.05, 3.63) is 59.7 Å². The summed E-state index contributed by atoms with van der Waals surface area (Å²) in [5, 5.41) is 9.57. The molecule has 1 saturated heterocycles. The van der Waals surface area contributed by atoms with Crippen molar-refractivity contribution in [2.24, 2.45) is 0 Å². The molecule has 0 unspecified atom stereocenters. The Morgan fingerprint density at radius 2 is 1.88 bits per heavy atom. The van der Waals surface area contributed by atoms with Crippen molar-refractivity contribution in [1.82, 2.24) is 9.88 Å². The van der Waals surface area contributed by atoms with Gasteiger partial charge in [0.25, 0.3) is 5.91 Å². The average Bonchev–Trinajstić information content (AvgIpc) is 3.10. The van der Waals surface area contributed by atoms with Crippen LogP contribution < -0.4 is 0 Å². The van der Waals surface area contributed by atoms with Gasteiger partial charge in [-0.15, -0.1) is 11.3 Å². The lowest BCUT2D eigenvalue weighted by Gasteiger charge is -2.29. The predicted octanol–water partition coefficient (Wildman–Crippen LogP) is 4.19. The zero-order valence-electron chi connectivity index (χ0n) is 14.3. The quantitative estimate of drug-likeness (QED) is 0.686. The number of nitrogens with zero attached hydrogens (tertiary/aromatic N) is 2. The van der Waals surface area contributed by atoms with E-state index in [2.05, 4.69) is 11.1 Å². The van der Waals surface area contributed by atoms with Gasteiger partial charge in [-0.05, 0) is 42.7 Å². The fourth-order valence-electron chi connectivity index (χ4n) is 3.05. The molecule has 4 nitrogen and oxygen atoms in total. The first-order valence-corrected chi connectivity index (χ1v) is 10.5. The van der Waals surface area contributed by atoms with Crippen LogP contribution in [0.4, 0.5) is 0 Å². The van der Waals surface area contributed by atoms with Crippen LogP contribution in [0.1, 0.15) is 28.8 Å². The van der Waals surface area contributed by atoms with Crippen LogP contribution in [0.3, 0.4) is 0 Å². The molecule has 2 aromatic carbocycles. The summed E-state index contributed by atoms with van der Waals surface area (Å²) < 4.78 is 2.28. The molecule has 0 bridgehead atoms. The minimum atomic E-state index is -0.263. The van der Waals surface area contributed by atoms with E-state index >= 15 is 0 Å². The molecule has 0 aliphatic carbocycles. The maximum Gasteiger partial charge on any atom is 0.253 e. The molecule has 26 heavy (non-hydrogen) atoms. The second-order valence-electron chi connectivity index (χ2n) is 6.46. The molecule has 2 heterocycles. The number of hydrogen-bond donors (Lipinski definition) is 1. The third-order valence-electron chi connectivity index (χ3n) is 4.59. The molecule has 1 aliphatic heterocycles. The molecule has 0 atom stereocenters. The van der Waals surface area contributed by atoms with Gasteiger partial charge in [-0.1, -0.05) is 36.0 Å². The minimum absolute atomic E-state index is 0.0577. The molecule has 3 aromatic rings. The van der Waals surface area contributed by atoms with E-state index in [9.17, 15) is 9.90 Å². The molecule has 1 amide bonds. The van der Waals surface area contributed by atoms with E-state index < -0.39 is 0 Å². The molecule has 0 radical (unpaired) electrons. The Kier molecular flexibility index (Phi) is 5.24. The van der Waals surface area contributed by atoms with E-state index in [0.29, 0.717) is 25.9 Å². The summed E-state index contributed by atoms with van der Waals surface area (Å²) in [7, 11) is 0. The number of fused-ring (bicyclic) bond motifs is 1. The van der Waals surface area contributed by atoms with E-state index in [4.69, 9.17) is 0 Å². The van der Waals surface area contributed by atoms with E-state index in [1.165, 1.54) is 10.3 Å². The van der Waals surface area contributed by atoms with Gasteiger partial charge < -0.3 is 10.0 Å². The summed E-state index contributed by atoms with van der Waals surface area (Å²) in [6, 6.07) is 16.0. The fraction of sp³-hybridized carbons (Fsp3) is 0.300. The number of para-hydroxylation sites is 1. The van der Waals surface area contributed by atoms with Gasteiger partial charge in [-0.2, -0.15) is 0 Å². The molecule has 4 rings (SSSR count). The van der Waals surface area contributed by atoms with E-state index in [0.717, 1.165) is 21.2 Å². The first kappa shape index (κ1) is 17.5. The summed E-state index contributed by atoms with van der Waals surface area (Å²) >= 11 is 3.44. The molecule has 6 heteroatoms. The number of rotatable bonds is 4. The molecule has 1 aromatic heterocycles. The van der Waals surface area contributed by atoms with Crippen LogP contribution in [0.25, 0.3) is 10.2 Å². The van der Waals surface area contributed by atoms with E-state index in [-0.39, 0.29) is 12.0 Å². The Balaban J connectivity index is 1.37. The molecule has 134 valence electrons. The van der Waals surface area contributed by atoms with Gasteiger partial charge in [0.2, 0.25) is 0 Å². The zero-order valence-corrected chi connectivity index (χ0v) is 15.9. The second kappa shape index (κ2) is 7.78. The first-order chi connectivity index (χ1) is 12.7. The van der Waals surface area contributed by atoms with Crippen molar-refractivity contribution >= 4 is 39.2 Å². The molecule has 0 saturated carbocycles. The third-order valence-corrected chi connectivity index (χ3v) is 6.84. The standard InChI is InChI=1S/C20H20N2O2S2/c23-16-9-11-22(12-10-16)19(24)15-7-5-14(6-8-15)13-25-20-21-17-3-1-2-4-18(17)26-20/h1-8,16,23H,9-13H2. The highest BCUT2D eigenvalue weighted by atomic mass is 32.2. The summed E-state index contributed by atoms with van der Waals surface area (Å²) in [4.78, 5) is 19.0. The van der Waals surface area contributed by atoms with Crippen LogP contribution in [0.5, 0.6) is 0 Å². The van der Waals surface area contributed by atoms with E-state index in [1.54, 1.807) is 23.1 Å². The fourth-order valence-corrected chi connectivity index (χ4v) is 5.08. The third kappa shape index (κ3) is 3.92. The highest BCUT2D eigenvalue weighted by molar-refractivity contribution is 8.00. The second-order valence-corrected chi connectivity index (χ2v) is 8.71. The van der Waals surface area contributed by atoms with E-state index in [1.807, 2.05) is 47.4 Å². The Bertz CT molecular complexity index is 867. The molecule has 1 fully saturated rings. The van der Waals surface area contributed by atoms with Gasteiger partial charge >= 0.3 is 0 Å². The lowest BCUT2D eigenvalue weighted by atomic mass is 10.1. The zero-order chi connectivity index (χ0) is 17.9. The lowest BCUT2D eigenvalue weighted by molar-refractivity contribution is 0.0546. The maximum absolute atomic E-state index is 12.5. The highest BCUT2D eigenvalue weighted by Crippen LogP contribution is 2.31. The van der Waals surface area contributed by atoms with Crippen LogP contribution in [-0.4, -0.2) is 40.1 Å². The van der Waals surface area contributed by atoms with Gasteiger partial charge in [0, 0.05) is 24.4 Å². The lowest BCUT2D eigenvalue weighted by Crippen LogP contribution is -2.40. The summed E-state index contributed by atoms with van der Waals surface area (Å²) in [5.41, 5.74) is 2.95. The van der Waals surface area contributed by atoms with Crippen molar-refractivity contribution in [3.8, 4) is 0 Å². The number of benzene rings is 2. The average molecular weight is 385 g/mol. The van der Waals surface area contributed by atoms with Crippen molar-refractivity contribution in [1.29, 1.82) is 0 Å². The van der Waals surface area contributed by atoms with Crippen LogP contribution in [0, 0.1) is 0 Å². The molecular formula is C20H20N2O2S2. The number of likely N-dealkylation sites (tertiary alicyclic amines) is 1. The van der Waals surface area contributed by atoms with Gasteiger partial charge in [0.05, 0.1) is 16.3 Å². The largest absolute Gasteiger partial charge is 0.393 e. The van der Waals surface area contributed by atoms with Crippen LogP contribution in [-0.2, 0) is 5.75 Å². The number of aliphatic hydroxyl groups excluding tert-OH is 1. The molecular weight excluding hydrogens is 364 g/mol. The van der Waals surface area contributed by atoms with Crippen molar-refractivity contribution in [2.75, 3.05) is 13.1 Å². The number of aromatic nitrogens is 1. The van der Waals surface area contributed by atoms with Crippen molar-refractivity contribution in [3.63, 3.8) is 0 Å². The Hall–Kier alpha value is -1.89. The monoisotopic (exact) mass is 384 g/mol. The topological polar surface area (TPSA) is 53.4 Å². The summed E-state index contributed by atoms with van der Waals surface area (Å²) in [6.45, 7) is 1.27.